The third kappa shape index (κ3) is 11.4. The first-order valence-corrected chi connectivity index (χ1v) is 10.3. The molecule has 1 aliphatic rings. The van der Waals surface area contributed by atoms with E-state index in [1.54, 1.807) is 0 Å². The van der Waals surface area contributed by atoms with Gasteiger partial charge < -0.3 is 4.90 Å². The van der Waals surface area contributed by atoms with Gasteiger partial charge in [0.1, 0.15) is 0 Å². The number of carbonyl (C=O) groups is 1. The number of likely N-dealkylation sites (tertiary alicyclic amines) is 1. The van der Waals surface area contributed by atoms with Crippen molar-refractivity contribution in [2.75, 3.05) is 13.1 Å². The van der Waals surface area contributed by atoms with Gasteiger partial charge in [-0.3, -0.25) is 4.79 Å². The summed E-state index contributed by atoms with van der Waals surface area (Å²) in [7, 11) is 0. The van der Waals surface area contributed by atoms with E-state index in [0.29, 0.717) is 0 Å². The van der Waals surface area contributed by atoms with Crippen molar-refractivity contribution < 1.29 is 4.79 Å². The Labute approximate surface area is 144 Å². The molecule has 0 aromatic rings. The summed E-state index contributed by atoms with van der Waals surface area (Å²) in [5.74, 6) is 0.229. The molecule has 1 saturated heterocycles. The monoisotopic (exact) mass is 321 g/mol. The number of carbonyl (C=O) groups excluding carboxylic acids is 1. The average molecular weight is 322 g/mol. The van der Waals surface area contributed by atoms with Crippen LogP contribution in [-0.2, 0) is 4.79 Å². The van der Waals surface area contributed by atoms with Crippen LogP contribution < -0.4 is 0 Å². The van der Waals surface area contributed by atoms with E-state index in [4.69, 9.17) is 0 Å². The maximum absolute atomic E-state index is 11.9. The van der Waals surface area contributed by atoms with Crippen LogP contribution in [-0.4, -0.2) is 23.9 Å². The van der Waals surface area contributed by atoms with Crippen LogP contribution in [0.3, 0.4) is 0 Å². The molecule has 0 N–H and O–H groups in total. The molecule has 134 valence electrons. The van der Waals surface area contributed by atoms with Crippen LogP contribution in [0.25, 0.3) is 0 Å². The Hall–Kier alpha value is -0.790. The topological polar surface area (TPSA) is 20.3 Å². The van der Waals surface area contributed by atoms with E-state index in [2.05, 4.69) is 13.0 Å². The van der Waals surface area contributed by atoms with Gasteiger partial charge in [0.25, 0.3) is 0 Å². The number of allylic oxidation sites excluding steroid dienone is 1. The van der Waals surface area contributed by atoms with Crippen LogP contribution in [0.15, 0.2) is 12.2 Å². The molecule has 1 heterocycles. The van der Waals surface area contributed by atoms with Gasteiger partial charge in [-0.15, -0.1) is 0 Å². The van der Waals surface area contributed by atoms with Crippen LogP contribution in [0, 0.1) is 0 Å². The highest BCUT2D eigenvalue weighted by Gasteiger charge is 2.13. The highest BCUT2D eigenvalue weighted by atomic mass is 16.2. The highest BCUT2D eigenvalue weighted by Crippen LogP contribution is 2.12. The third-order valence-electron chi connectivity index (χ3n) is 4.90. The quantitative estimate of drug-likeness (QED) is 0.290. The fourth-order valence-electron chi connectivity index (χ4n) is 3.33. The van der Waals surface area contributed by atoms with Gasteiger partial charge in [-0.1, -0.05) is 77.2 Å². The first-order valence-electron chi connectivity index (χ1n) is 10.3. The SMILES string of the molecule is CCCCCCCCCCCCCC=CC(=O)N1CCCCC1. The lowest BCUT2D eigenvalue weighted by atomic mass is 10.1. The molecule has 23 heavy (non-hydrogen) atoms. The van der Waals surface area contributed by atoms with Crippen molar-refractivity contribution in [2.45, 2.75) is 103 Å². The molecule has 1 aliphatic heterocycles. The van der Waals surface area contributed by atoms with Crippen LogP contribution in [0.2, 0.25) is 0 Å². The van der Waals surface area contributed by atoms with E-state index in [1.165, 1.54) is 89.9 Å². The van der Waals surface area contributed by atoms with Gasteiger partial charge >= 0.3 is 0 Å². The average Bonchev–Trinajstić information content (AvgIpc) is 2.59. The molecule has 0 saturated carbocycles. The zero-order chi connectivity index (χ0) is 16.6. The van der Waals surface area contributed by atoms with Crippen molar-refractivity contribution in [3.8, 4) is 0 Å². The van der Waals surface area contributed by atoms with Crippen LogP contribution in [0.5, 0.6) is 0 Å². The Balaban J connectivity index is 1.83. The molecule has 0 radical (unpaired) electrons. The van der Waals surface area contributed by atoms with Gasteiger partial charge in [-0.25, -0.2) is 0 Å². The second kappa shape index (κ2) is 14.8. The maximum Gasteiger partial charge on any atom is 0.246 e. The third-order valence-corrected chi connectivity index (χ3v) is 4.90. The van der Waals surface area contributed by atoms with E-state index in [0.717, 1.165) is 19.5 Å². The minimum Gasteiger partial charge on any atom is -0.339 e. The molecular weight excluding hydrogens is 282 g/mol. The Morgan fingerprint density at radius 1 is 0.783 bits per heavy atom. The van der Waals surface area contributed by atoms with Gasteiger partial charge in [-0.05, 0) is 38.2 Å². The van der Waals surface area contributed by atoms with Crippen LogP contribution >= 0.6 is 0 Å². The normalized spacial score (nSPS) is 15.4. The summed E-state index contributed by atoms with van der Waals surface area (Å²) in [4.78, 5) is 13.9. The Kier molecular flexibility index (Phi) is 13.0. The summed E-state index contributed by atoms with van der Waals surface area (Å²) in [6, 6.07) is 0. The van der Waals surface area contributed by atoms with E-state index in [1.807, 2.05) is 11.0 Å². The van der Waals surface area contributed by atoms with Crippen LogP contribution in [0.4, 0.5) is 0 Å². The van der Waals surface area contributed by atoms with Crippen molar-refractivity contribution in [3.63, 3.8) is 0 Å². The molecule has 1 fully saturated rings. The predicted molar refractivity (Wildman–Crippen MR) is 101 cm³/mol. The summed E-state index contributed by atoms with van der Waals surface area (Å²) >= 11 is 0. The van der Waals surface area contributed by atoms with Crippen LogP contribution in [0.1, 0.15) is 103 Å². The zero-order valence-corrected chi connectivity index (χ0v) is 15.5. The van der Waals surface area contributed by atoms with E-state index in [9.17, 15) is 4.79 Å². The largest absolute Gasteiger partial charge is 0.339 e. The standard InChI is InChI=1S/C21H39NO/c1-2-3-4-5-6-7-8-9-10-11-12-13-15-18-21(23)22-19-16-14-17-20-22/h15,18H,2-14,16-17,19-20H2,1H3. The summed E-state index contributed by atoms with van der Waals surface area (Å²) in [5, 5.41) is 0. The van der Waals surface area contributed by atoms with E-state index in [-0.39, 0.29) is 5.91 Å². The molecule has 1 amide bonds. The van der Waals surface area contributed by atoms with Crippen molar-refractivity contribution in [1.29, 1.82) is 0 Å². The maximum atomic E-state index is 11.9. The lowest BCUT2D eigenvalue weighted by Gasteiger charge is -2.25. The minimum atomic E-state index is 0.229. The molecular formula is C21H39NO. The molecule has 2 nitrogen and oxygen atoms in total. The zero-order valence-electron chi connectivity index (χ0n) is 15.5. The number of piperidine rings is 1. The smallest absolute Gasteiger partial charge is 0.246 e. The van der Waals surface area contributed by atoms with E-state index < -0.39 is 0 Å². The van der Waals surface area contributed by atoms with Gasteiger partial charge in [0.2, 0.25) is 5.91 Å². The number of rotatable bonds is 13. The lowest BCUT2D eigenvalue weighted by molar-refractivity contribution is -0.126. The molecule has 0 atom stereocenters. The molecule has 0 unspecified atom stereocenters. The molecule has 2 heteroatoms. The van der Waals surface area contributed by atoms with Crippen molar-refractivity contribution >= 4 is 5.91 Å². The van der Waals surface area contributed by atoms with Crippen molar-refractivity contribution in [2.24, 2.45) is 0 Å². The minimum absolute atomic E-state index is 0.229. The fraction of sp³-hybridized carbons (Fsp3) is 0.857. The first kappa shape index (κ1) is 20.3. The summed E-state index contributed by atoms with van der Waals surface area (Å²) in [6.07, 6.45) is 23.8. The molecule has 0 spiro atoms. The second-order valence-electron chi connectivity index (χ2n) is 7.11. The highest BCUT2D eigenvalue weighted by molar-refractivity contribution is 5.87. The second-order valence-corrected chi connectivity index (χ2v) is 7.11. The number of amides is 1. The van der Waals surface area contributed by atoms with Crippen molar-refractivity contribution in [3.05, 3.63) is 12.2 Å². The molecule has 0 bridgehead atoms. The van der Waals surface area contributed by atoms with Gasteiger partial charge in [-0.2, -0.15) is 0 Å². The Morgan fingerprint density at radius 3 is 1.87 bits per heavy atom. The number of hydrogen-bond donors (Lipinski definition) is 0. The van der Waals surface area contributed by atoms with Gasteiger partial charge in [0.15, 0.2) is 0 Å². The lowest BCUT2D eigenvalue weighted by Crippen LogP contribution is -2.34. The Morgan fingerprint density at radius 2 is 1.30 bits per heavy atom. The molecule has 0 aromatic carbocycles. The summed E-state index contributed by atoms with van der Waals surface area (Å²) < 4.78 is 0. The summed E-state index contributed by atoms with van der Waals surface area (Å²) in [5.41, 5.74) is 0. The van der Waals surface area contributed by atoms with Gasteiger partial charge in [0, 0.05) is 13.1 Å². The van der Waals surface area contributed by atoms with E-state index >= 15 is 0 Å². The molecule has 1 rings (SSSR count). The number of hydrogen-bond acceptors (Lipinski definition) is 1. The van der Waals surface area contributed by atoms with Crippen molar-refractivity contribution in [1.82, 2.24) is 4.90 Å². The molecule has 0 aliphatic carbocycles. The Bertz CT molecular complexity index is 305. The number of unbranched alkanes of at least 4 members (excludes halogenated alkanes) is 11. The predicted octanol–water partition coefficient (Wildman–Crippen LogP) is 6.26. The first-order chi connectivity index (χ1) is 11.3. The fourth-order valence-corrected chi connectivity index (χ4v) is 3.33. The molecule has 0 aromatic heterocycles. The van der Waals surface area contributed by atoms with Gasteiger partial charge in [0.05, 0.1) is 0 Å². The number of nitrogens with zero attached hydrogens (tertiary/aromatic N) is 1. The summed E-state index contributed by atoms with van der Waals surface area (Å²) in [6.45, 7) is 4.20.